The highest BCUT2D eigenvalue weighted by Gasteiger charge is 2.65. The Balaban J connectivity index is 0.000000368. The van der Waals surface area contributed by atoms with E-state index in [4.69, 9.17) is 5.11 Å². The lowest BCUT2D eigenvalue weighted by Gasteiger charge is -2.52. The van der Waals surface area contributed by atoms with Crippen molar-refractivity contribution in [1.82, 2.24) is 15.1 Å². The number of carbonyl (C=O) groups excluding carboxylic acids is 3. The number of carbonyl (C=O) groups is 4. The molecule has 288 valence electrons. The van der Waals surface area contributed by atoms with Gasteiger partial charge < -0.3 is 36.0 Å². The van der Waals surface area contributed by atoms with Crippen LogP contribution < -0.4 is 5.32 Å². The average molecular weight is 728 g/mol. The average Bonchev–Trinajstić information content (AvgIpc) is 3.61. The third-order valence-corrected chi connectivity index (χ3v) is 11.2. The maximum absolute atomic E-state index is 13.8. The van der Waals surface area contributed by atoms with Gasteiger partial charge in [-0.05, 0) is 71.4 Å². The normalized spacial score (nSPS) is 27.2. The number of aliphatic hydroxyl groups is 4. The Kier molecular flexibility index (Phi) is 13.7. The van der Waals surface area contributed by atoms with Crippen molar-refractivity contribution in [2.75, 3.05) is 33.9 Å². The lowest BCUT2D eigenvalue weighted by Crippen LogP contribution is -2.65. The summed E-state index contributed by atoms with van der Waals surface area (Å²) in [6.45, 7) is 5.35. The van der Waals surface area contributed by atoms with Crippen LogP contribution in [0.3, 0.4) is 0 Å². The number of fused-ring (bicyclic) bond motifs is 3. The van der Waals surface area contributed by atoms with E-state index in [1.54, 1.807) is 14.1 Å². The van der Waals surface area contributed by atoms with Crippen LogP contribution in [-0.4, -0.2) is 109 Å². The number of carboxylic acid groups (broad SMARTS) is 1. The molecule has 0 saturated carbocycles. The number of Topliss-reactive ketones (excluding diaryl/α,β-unsaturated/α-hetero) is 2. The van der Waals surface area contributed by atoms with E-state index < -0.39 is 80.9 Å². The van der Waals surface area contributed by atoms with E-state index in [0.717, 1.165) is 38.8 Å². The minimum atomic E-state index is -2.72. The molecule has 52 heavy (non-hydrogen) atoms. The fourth-order valence-electron chi connectivity index (χ4n) is 8.29. The number of rotatable bonds is 14. The molecule has 1 saturated heterocycles. The van der Waals surface area contributed by atoms with E-state index in [-0.39, 0.29) is 24.2 Å². The molecule has 0 aromatic heterocycles. The van der Waals surface area contributed by atoms with Gasteiger partial charge in [0.05, 0.1) is 23.9 Å². The van der Waals surface area contributed by atoms with E-state index in [1.165, 1.54) is 75.0 Å². The van der Waals surface area contributed by atoms with Gasteiger partial charge in [0.25, 0.3) is 5.91 Å². The third kappa shape index (κ3) is 8.22. The van der Waals surface area contributed by atoms with Gasteiger partial charge in [-0.1, -0.05) is 70.4 Å². The number of aromatic hydroxyl groups is 1. The molecule has 1 aromatic rings. The zero-order valence-electron chi connectivity index (χ0n) is 31.0. The van der Waals surface area contributed by atoms with Crippen molar-refractivity contribution < 1.29 is 49.8 Å². The summed E-state index contributed by atoms with van der Waals surface area (Å²) >= 11 is 0. The lowest BCUT2D eigenvalue weighted by molar-refractivity contribution is -0.152. The number of phenolic OH excluding ortho intramolecular Hbond substituents is 1. The monoisotopic (exact) mass is 727 g/mol. The van der Waals surface area contributed by atoms with Crippen molar-refractivity contribution in [2.24, 2.45) is 11.8 Å². The Morgan fingerprint density at radius 1 is 0.942 bits per heavy atom. The van der Waals surface area contributed by atoms with E-state index in [1.807, 2.05) is 4.90 Å². The van der Waals surface area contributed by atoms with Crippen LogP contribution in [0.5, 0.6) is 5.75 Å². The molecule has 5 rings (SSSR count). The Morgan fingerprint density at radius 2 is 1.54 bits per heavy atom. The van der Waals surface area contributed by atoms with Crippen LogP contribution in [0.2, 0.25) is 0 Å². The fourth-order valence-corrected chi connectivity index (χ4v) is 8.29. The van der Waals surface area contributed by atoms with Gasteiger partial charge in [-0.3, -0.25) is 29.0 Å². The Labute approximate surface area is 306 Å². The number of likely N-dealkylation sites (tertiary alicyclic amines) is 1. The highest BCUT2D eigenvalue weighted by atomic mass is 16.4. The molecule has 0 spiro atoms. The molecule has 1 amide bonds. The molecule has 5 atom stereocenters. The number of ketones is 2. The topological polar surface area (TPSA) is 208 Å². The number of nitrogens with one attached hydrogen (secondary N) is 1. The van der Waals surface area contributed by atoms with E-state index >= 15 is 0 Å². The van der Waals surface area contributed by atoms with Crippen LogP contribution in [0.15, 0.2) is 40.9 Å². The fraction of sp³-hybridized carbons (Fsp3) is 0.641. The van der Waals surface area contributed by atoms with Crippen LogP contribution in [-0.2, 0) is 20.0 Å². The molecule has 0 radical (unpaired) electrons. The SMILES string of the molecule is CCCCCCCCCCCC(=O)O.CN(C)[C@@H]1C(O)=C(C(=O)NCN2CCCC2)C(=O)[C@@]2(O)C(O)=C3C(=O)c4c(O)cccc4[C@@](C)(O)[C@H]3C[C@H]12. The van der Waals surface area contributed by atoms with Gasteiger partial charge in [0, 0.05) is 23.8 Å². The Hall–Kier alpha value is -3.78. The van der Waals surface area contributed by atoms with Crippen LogP contribution in [0, 0.1) is 11.8 Å². The first-order chi connectivity index (χ1) is 24.6. The number of phenols is 1. The molecular formula is C39H57N3O10. The molecular weight excluding hydrogens is 670 g/mol. The number of hydrogen-bond acceptors (Lipinski definition) is 11. The number of nitrogens with zero attached hydrogens (tertiary/aromatic N) is 2. The number of carboxylic acids is 1. The number of amides is 1. The lowest BCUT2D eigenvalue weighted by atomic mass is 9.55. The van der Waals surface area contributed by atoms with Gasteiger partial charge in [0.1, 0.15) is 22.8 Å². The van der Waals surface area contributed by atoms with Crippen molar-refractivity contribution in [3.8, 4) is 5.75 Å². The summed E-state index contributed by atoms with van der Waals surface area (Å²) in [5.74, 6) is -7.83. The molecule has 1 aliphatic heterocycles. The molecule has 3 aliphatic carbocycles. The predicted octanol–water partition coefficient (Wildman–Crippen LogP) is 4.46. The summed E-state index contributed by atoms with van der Waals surface area (Å²) in [7, 11) is 3.18. The smallest absolute Gasteiger partial charge is 0.303 e. The van der Waals surface area contributed by atoms with Crippen LogP contribution >= 0.6 is 0 Å². The first kappa shape index (κ1) is 41.0. The Bertz CT molecular complexity index is 1560. The largest absolute Gasteiger partial charge is 0.510 e. The second kappa shape index (κ2) is 17.4. The molecule has 1 fully saturated rings. The first-order valence-corrected chi connectivity index (χ1v) is 18.7. The zero-order valence-corrected chi connectivity index (χ0v) is 31.0. The van der Waals surface area contributed by atoms with Gasteiger partial charge in [0.2, 0.25) is 5.78 Å². The summed E-state index contributed by atoms with van der Waals surface area (Å²) in [4.78, 5) is 54.2. The van der Waals surface area contributed by atoms with Gasteiger partial charge >= 0.3 is 5.97 Å². The predicted molar refractivity (Wildman–Crippen MR) is 194 cm³/mol. The first-order valence-electron chi connectivity index (χ1n) is 18.7. The number of aliphatic carboxylic acids is 1. The maximum Gasteiger partial charge on any atom is 0.303 e. The van der Waals surface area contributed by atoms with Crippen LogP contribution in [0.4, 0.5) is 0 Å². The van der Waals surface area contributed by atoms with Crippen molar-refractivity contribution in [3.05, 3.63) is 52.0 Å². The van der Waals surface area contributed by atoms with Gasteiger partial charge in [0.15, 0.2) is 11.4 Å². The molecule has 13 nitrogen and oxygen atoms in total. The molecule has 1 heterocycles. The van der Waals surface area contributed by atoms with E-state index in [2.05, 4.69) is 12.2 Å². The molecule has 4 aliphatic rings. The molecule has 0 bridgehead atoms. The van der Waals surface area contributed by atoms with E-state index in [9.17, 15) is 44.7 Å². The Morgan fingerprint density at radius 3 is 2.12 bits per heavy atom. The van der Waals surface area contributed by atoms with Crippen molar-refractivity contribution in [3.63, 3.8) is 0 Å². The molecule has 1 aromatic carbocycles. The molecule has 7 N–H and O–H groups in total. The highest BCUT2D eigenvalue weighted by molar-refractivity contribution is 6.25. The molecule has 0 unspecified atom stereocenters. The van der Waals surface area contributed by atoms with Crippen molar-refractivity contribution in [2.45, 2.75) is 115 Å². The van der Waals surface area contributed by atoms with Crippen LogP contribution in [0.25, 0.3) is 0 Å². The van der Waals surface area contributed by atoms with Gasteiger partial charge in [-0.25, -0.2) is 0 Å². The quantitative estimate of drug-likeness (QED) is 0.105. The zero-order chi connectivity index (χ0) is 38.4. The molecule has 13 heteroatoms. The van der Waals surface area contributed by atoms with Gasteiger partial charge in [-0.15, -0.1) is 0 Å². The van der Waals surface area contributed by atoms with Gasteiger partial charge in [-0.2, -0.15) is 0 Å². The number of likely N-dealkylation sites (N-methyl/N-ethyl adjacent to an activating group) is 1. The minimum Gasteiger partial charge on any atom is -0.510 e. The summed E-state index contributed by atoms with van der Waals surface area (Å²) in [6, 6.07) is 3.16. The summed E-state index contributed by atoms with van der Waals surface area (Å²) in [5.41, 5.74) is -5.65. The van der Waals surface area contributed by atoms with Crippen molar-refractivity contribution in [1.29, 1.82) is 0 Å². The number of unbranched alkanes of at least 4 members (excludes halogenated alkanes) is 8. The summed E-state index contributed by atoms with van der Waals surface area (Å²) in [6.07, 6.45) is 13.3. The highest BCUT2D eigenvalue weighted by Crippen LogP contribution is 2.56. The number of benzene rings is 1. The second-order valence-electron chi connectivity index (χ2n) is 15.1. The second-order valence-corrected chi connectivity index (χ2v) is 15.1. The number of aliphatic hydroxyl groups excluding tert-OH is 2. The summed E-state index contributed by atoms with van der Waals surface area (Å²) < 4.78 is 0. The van der Waals surface area contributed by atoms with Crippen molar-refractivity contribution >= 4 is 23.4 Å². The van der Waals surface area contributed by atoms with E-state index in [0.29, 0.717) is 6.42 Å². The van der Waals surface area contributed by atoms with Crippen LogP contribution in [0.1, 0.15) is 113 Å². The maximum atomic E-state index is 13.8. The standard InChI is InChI=1S/C27H33N3O8.C12H24O2/c1-26(37)13-7-6-8-16(31)17(13)21(32)18-14(26)11-15-20(29(2)3)22(33)19(24(35)27(15,38)23(18)34)25(36)28-12-30-9-4-5-10-30;1-2-3-4-5-6-7-8-9-10-11-12(13)14/h6-8,14-15,20,31,33-34,37-38H,4-5,9-12H2,1-3H3,(H,28,36);2-11H2,1H3,(H,13,14)/t14-,15+,20-,26+,27-;/m0./s1. The third-order valence-electron chi connectivity index (χ3n) is 11.2. The number of hydrogen-bond donors (Lipinski definition) is 7. The summed E-state index contributed by atoms with van der Waals surface area (Å²) in [5, 5.41) is 67.6. The minimum absolute atomic E-state index is 0.143.